The maximum atomic E-state index is 13.6. The Morgan fingerprint density at radius 1 is 1.05 bits per heavy atom. The van der Waals surface area contributed by atoms with Crippen LogP contribution >= 0.6 is 0 Å². The van der Waals surface area contributed by atoms with Gasteiger partial charge in [-0.05, 0) is 50.0 Å². The lowest BCUT2D eigenvalue weighted by Crippen LogP contribution is -2.45. The van der Waals surface area contributed by atoms with Gasteiger partial charge < -0.3 is 10.0 Å². The summed E-state index contributed by atoms with van der Waals surface area (Å²) in [5, 5.41) is 20.0. The minimum Gasteiger partial charge on any atom is -0.475 e. The zero-order chi connectivity index (χ0) is 29.0. The van der Waals surface area contributed by atoms with Crippen LogP contribution in [0.4, 0.5) is 30.7 Å². The van der Waals surface area contributed by atoms with Crippen molar-refractivity contribution in [3.63, 3.8) is 0 Å². The van der Waals surface area contributed by atoms with Gasteiger partial charge in [-0.1, -0.05) is 12.1 Å². The highest BCUT2D eigenvalue weighted by atomic mass is 19.4. The molecule has 1 saturated heterocycles. The van der Waals surface area contributed by atoms with Crippen molar-refractivity contribution in [1.82, 2.24) is 19.6 Å². The van der Waals surface area contributed by atoms with Crippen molar-refractivity contribution in [2.45, 2.75) is 44.7 Å². The SMILES string of the molecule is N#CC1CCN(CC(=O)N2CCc3c(C(F)(F)F)nn(Cc4ccc(F)cc4)c3C2)CC1.O=C(O)C(F)(F)F. The molecule has 0 saturated carbocycles. The maximum Gasteiger partial charge on any atom is 0.490 e. The lowest BCUT2D eigenvalue weighted by Gasteiger charge is -2.33. The summed E-state index contributed by atoms with van der Waals surface area (Å²) in [4.78, 5) is 25.3. The Morgan fingerprint density at radius 2 is 1.64 bits per heavy atom. The number of aliphatic carboxylic acids is 1. The molecule has 15 heteroatoms. The molecule has 2 aliphatic rings. The summed E-state index contributed by atoms with van der Waals surface area (Å²) in [6.45, 7) is 1.81. The van der Waals surface area contributed by atoms with Gasteiger partial charge in [0.15, 0.2) is 5.69 Å². The number of rotatable bonds is 4. The number of carboxylic acid groups (broad SMARTS) is 1. The van der Waals surface area contributed by atoms with Crippen molar-refractivity contribution in [1.29, 1.82) is 5.26 Å². The van der Waals surface area contributed by atoms with Gasteiger partial charge in [0.1, 0.15) is 5.82 Å². The summed E-state index contributed by atoms with van der Waals surface area (Å²) in [7, 11) is 0. The fourth-order valence-electron chi connectivity index (χ4n) is 4.33. The molecule has 0 aliphatic carbocycles. The lowest BCUT2D eigenvalue weighted by molar-refractivity contribution is -0.192. The molecule has 39 heavy (non-hydrogen) atoms. The van der Waals surface area contributed by atoms with Crippen LogP contribution in [-0.2, 0) is 35.3 Å². The fraction of sp³-hybridized carbons (Fsp3) is 0.500. The van der Waals surface area contributed by atoms with Gasteiger partial charge in [-0.3, -0.25) is 14.4 Å². The number of fused-ring (bicyclic) bond motifs is 1. The molecule has 0 spiro atoms. The third kappa shape index (κ3) is 7.92. The highest BCUT2D eigenvalue weighted by Gasteiger charge is 2.41. The van der Waals surface area contributed by atoms with E-state index in [0.717, 1.165) is 0 Å². The zero-order valence-corrected chi connectivity index (χ0v) is 20.4. The first-order valence-electron chi connectivity index (χ1n) is 11.8. The molecule has 0 bridgehead atoms. The van der Waals surface area contributed by atoms with E-state index >= 15 is 0 Å². The number of benzene rings is 1. The van der Waals surface area contributed by atoms with E-state index in [1.807, 2.05) is 4.90 Å². The number of nitrogens with zero attached hydrogens (tertiary/aromatic N) is 5. The van der Waals surface area contributed by atoms with E-state index in [-0.39, 0.29) is 50.0 Å². The van der Waals surface area contributed by atoms with Crippen molar-refractivity contribution in [3.05, 3.63) is 52.6 Å². The molecule has 1 amide bonds. The van der Waals surface area contributed by atoms with E-state index in [1.54, 1.807) is 4.90 Å². The summed E-state index contributed by atoms with van der Waals surface area (Å²) >= 11 is 0. The summed E-state index contributed by atoms with van der Waals surface area (Å²) in [5.41, 5.74) is 0.192. The molecule has 1 N–H and O–H groups in total. The molecule has 3 heterocycles. The minimum atomic E-state index is -5.08. The average molecular weight is 563 g/mol. The summed E-state index contributed by atoms with van der Waals surface area (Å²) in [6, 6.07) is 7.77. The predicted octanol–water partition coefficient (Wildman–Crippen LogP) is 3.84. The van der Waals surface area contributed by atoms with Gasteiger partial charge in [-0.25, -0.2) is 9.18 Å². The van der Waals surface area contributed by atoms with Crippen molar-refractivity contribution >= 4 is 11.9 Å². The second kappa shape index (κ2) is 12.0. The Hall–Kier alpha value is -3.67. The van der Waals surface area contributed by atoms with Gasteiger partial charge in [-0.15, -0.1) is 0 Å². The number of likely N-dealkylation sites (tertiary alicyclic amines) is 1. The fourth-order valence-corrected chi connectivity index (χ4v) is 4.33. The van der Waals surface area contributed by atoms with Crippen LogP contribution in [-0.4, -0.2) is 68.9 Å². The predicted molar refractivity (Wildman–Crippen MR) is 120 cm³/mol. The third-order valence-corrected chi connectivity index (χ3v) is 6.38. The number of aromatic nitrogens is 2. The highest BCUT2D eigenvalue weighted by molar-refractivity contribution is 5.78. The number of alkyl halides is 6. The number of halogens is 7. The van der Waals surface area contributed by atoms with Gasteiger partial charge in [0, 0.05) is 18.0 Å². The maximum absolute atomic E-state index is 13.6. The monoisotopic (exact) mass is 563 g/mol. The van der Waals surface area contributed by atoms with Gasteiger partial charge in [-0.2, -0.15) is 36.7 Å². The van der Waals surface area contributed by atoms with Crippen LogP contribution in [0.1, 0.15) is 35.4 Å². The van der Waals surface area contributed by atoms with E-state index in [9.17, 15) is 35.5 Å². The Labute approximate surface area is 218 Å². The standard InChI is InChI=1S/C22H23F4N5O.C2HF3O2/c23-17-3-1-16(2-4-17)12-31-19-13-30(10-7-18(19)21(28-31)22(24,25)26)20(32)14-29-8-5-15(11-27)6-9-29;3-2(4,5)1(6)7/h1-4,15H,5-10,12-14H2;(H,6,7). The number of hydrogen-bond donors (Lipinski definition) is 1. The Morgan fingerprint density at radius 3 is 2.15 bits per heavy atom. The quantitative estimate of drug-likeness (QED) is 0.568. The first-order chi connectivity index (χ1) is 18.2. The van der Waals surface area contributed by atoms with Crippen molar-refractivity contribution in [2.75, 3.05) is 26.2 Å². The number of amides is 1. The molecule has 0 atom stereocenters. The molecular formula is C24H24F7N5O3. The Balaban J connectivity index is 0.000000532. The number of carbonyl (C=O) groups is 2. The molecule has 0 radical (unpaired) electrons. The first kappa shape index (κ1) is 29.9. The van der Waals surface area contributed by atoms with E-state index in [4.69, 9.17) is 15.2 Å². The number of carboxylic acids is 1. The second-order valence-electron chi connectivity index (χ2n) is 9.10. The highest BCUT2D eigenvalue weighted by Crippen LogP contribution is 2.35. The molecule has 2 aliphatic heterocycles. The molecule has 1 aromatic carbocycles. The topological polar surface area (TPSA) is 102 Å². The van der Waals surface area contributed by atoms with Crippen LogP contribution in [0.5, 0.6) is 0 Å². The smallest absolute Gasteiger partial charge is 0.475 e. The molecule has 4 rings (SSSR count). The number of nitriles is 1. The van der Waals surface area contributed by atoms with Crippen LogP contribution < -0.4 is 0 Å². The van der Waals surface area contributed by atoms with E-state index in [2.05, 4.69) is 11.2 Å². The molecular weight excluding hydrogens is 539 g/mol. The van der Waals surface area contributed by atoms with Crippen LogP contribution in [0, 0.1) is 23.1 Å². The van der Waals surface area contributed by atoms with Crippen molar-refractivity contribution in [3.8, 4) is 6.07 Å². The molecule has 1 aromatic heterocycles. The van der Waals surface area contributed by atoms with Crippen molar-refractivity contribution < 1.29 is 45.4 Å². The minimum absolute atomic E-state index is 0.0144. The van der Waals surface area contributed by atoms with Gasteiger partial charge in [0.25, 0.3) is 0 Å². The normalized spacial score (nSPS) is 16.6. The number of carbonyl (C=O) groups excluding carboxylic acids is 1. The van der Waals surface area contributed by atoms with Crippen LogP contribution in [0.15, 0.2) is 24.3 Å². The molecule has 1 fully saturated rings. The average Bonchev–Trinajstić information content (AvgIpc) is 3.24. The summed E-state index contributed by atoms with van der Waals surface area (Å²) in [5.74, 6) is -3.31. The third-order valence-electron chi connectivity index (χ3n) is 6.38. The number of hydrogen-bond acceptors (Lipinski definition) is 5. The van der Waals surface area contributed by atoms with Gasteiger partial charge in [0.2, 0.25) is 5.91 Å². The van der Waals surface area contributed by atoms with E-state index in [1.165, 1.54) is 28.9 Å². The Kier molecular flexibility index (Phi) is 9.21. The lowest BCUT2D eigenvalue weighted by atomic mass is 9.98. The summed E-state index contributed by atoms with van der Waals surface area (Å²) < 4.78 is 86.9. The van der Waals surface area contributed by atoms with Gasteiger partial charge >= 0.3 is 18.3 Å². The van der Waals surface area contributed by atoms with Crippen LogP contribution in [0.2, 0.25) is 0 Å². The van der Waals surface area contributed by atoms with E-state index in [0.29, 0.717) is 37.2 Å². The van der Waals surface area contributed by atoms with Crippen LogP contribution in [0.3, 0.4) is 0 Å². The van der Waals surface area contributed by atoms with Crippen molar-refractivity contribution in [2.24, 2.45) is 5.92 Å². The number of piperidine rings is 1. The molecule has 212 valence electrons. The zero-order valence-electron chi connectivity index (χ0n) is 20.4. The second-order valence-corrected chi connectivity index (χ2v) is 9.10. The van der Waals surface area contributed by atoms with E-state index < -0.39 is 29.8 Å². The van der Waals surface area contributed by atoms with Gasteiger partial charge in [0.05, 0.1) is 31.4 Å². The molecule has 8 nitrogen and oxygen atoms in total. The van der Waals surface area contributed by atoms with Crippen LogP contribution in [0.25, 0.3) is 0 Å². The Bertz CT molecular complexity index is 1210. The molecule has 0 unspecified atom stereocenters. The summed E-state index contributed by atoms with van der Waals surface area (Å²) in [6.07, 6.45) is -8.16. The largest absolute Gasteiger partial charge is 0.490 e. The molecule has 2 aromatic rings. The first-order valence-corrected chi connectivity index (χ1v) is 11.8.